The molecule has 0 aromatic heterocycles. The van der Waals surface area contributed by atoms with Crippen LogP contribution in [-0.4, -0.2) is 196 Å². The van der Waals surface area contributed by atoms with Gasteiger partial charge >= 0.3 is 0 Å². The van der Waals surface area contributed by atoms with E-state index in [0.29, 0.717) is 52.7 Å². The van der Waals surface area contributed by atoms with Crippen LogP contribution < -0.4 is 16.0 Å². The fraction of sp³-hybridized carbons (Fsp3) is 0.929. The van der Waals surface area contributed by atoms with E-state index in [9.17, 15) is 40.2 Å². The SMILES string of the molecule is CC(=O)NC1C(O)[C@@H](O)C(CO)O[C@H]1OCCOCCOCCNCCOCCOCCO[C@@H]1OC(CO)[C@H](O)[C@H](O)C1NC(C)=O. The molecule has 2 amide bonds. The third-order valence-electron chi connectivity index (χ3n) is 7.11. The van der Waals surface area contributed by atoms with Crippen molar-refractivity contribution in [3.8, 4) is 0 Å². The zero-order chi connectivity index (χ0) is 34.6. The summed E-state index contributed by atoms with van der Waals surface area (Å²) < 4.78 is 44.0. The van der Waals surface area contributed by atoms with Crippen LogP contribution in [0.15, 0.2) is 0 Å². The maximum absolute atomic E-state index is 11.4. The summed E-state index contributed by atoms with van der Waals surface area (Å²) in [4.78, 5) is 22.9. The van der Waals surface area contributed by atoms with Gasteiger partial charge in [-0.25, -0.2) is 0 Å². The monoisotopic (exact) mass is 687 g/mol. The summed E-state index contributed by atoms with van der Waals surface area (Å²) in [6, 6.07) is -2.01. The highest BCUT2D eigenvalue weighted by Crippen LogP contribution is 2.23. The molecule has 0 radical (unpaired) electrons. The van der Waals surface area contributed by atoms with E-state index in [2.05, 4.69) is 16.0 Å². The van der Waals surface area contributed by atoms with Gasteiger partial charge in [-0.3, -0.25) is 9.59 Å². The predicted molar refractivity (Wildman–Crippen MR) is 159 cm³/mol. The van der Waals surface area contributed by atoms with Crippen molar-refractivity contribution in [2.24, 2.45) is 0 Å². The van der Waals surface area contributed by atoms with Crippen LogP contribution in [0.25, 0.3) is 0 Å². The van der Waals surface area contributed by atoms with Gasteiger partial charge in [-0.2, -0.15) is 0 Å². The Morgan fingerprint density at radius 1 is 0.553 bits per heavy atom. The van der Waals surface area contributed by atoms with Gasteiger partial charge in [0.2, 0.25) is 11.8 Å². The minimum absolute atomic E-state index is 0.0838. The first kappa shape index (κ1) is 41.5. The van der Waals surface area contributed by atoms with Crippen LogP contribution in [0.4, 0.5) is 0 Å². The van der Waals surface area contributed by atoms with Gasteiger partial charge in [-0.15, -0.1) is 0 Å². The normalized spacial score (nSPS) is 31.1. The van der Waals surface area contributed by atoms with Crippen molar-refractivity contribution in [3.63, 3.8) is 0 Å². The molecular formula is C28H53N3O16. The first-order valence-electron chi connectivity index (χ1n) is 15.6. The van der Waals surface area contributed by atoms with Crippen LogP contribution in [0.1, 0.15) is 13.8 Å². The molecule has 2 heterocycles. The third kappa shape index (κ3) is 15.2. The quantitative estimate of drug-likeness (QED) is 0.0429. The molecule has 2 fully saturated rings. The molecule has 0 spiro atoms. The van der Waals surface area contributed by atoms with Crippen LogP contribution in [0.3, 0.4) is 0 Å². The van der Waals surface area contributed by atoms with Gasteiger partial charge < -0.3 is 84.5 Å². The Hall–Kier alpha value is -1.66. The molecule has 9 N–H and O–H groups in total. The molecule has 0 aromatic rings. The van der Waals surface area contributed by atoms with Crippen molar-refractivity contribution in [2.45, 2.75) is 75.1 Å². The number of rotatable bonds is 24. The number of amides is 2. The van der Waals surface area contributed by atoms with Crippen molar-refractivity contribution in [3.05, 3.63) is 0 Å². The lowest BCUT2D eigenvalue weighted by Crippen LogP contribution is -2.64. The van der Waals surface area contributed by atoms with Gasteiger partial charge in [0.1, 0.15) is 48.7 Å². The molecule has 5 unspecified atom stereocenters. The molecule has 10 atom stereocenters. The summed E-state index contributed by atoms with van der Waals surface area (Å²) in [5.74, 6) is -0.866. The second-order valence-corrected chi connectivity index (χ2v) is 10.8. The van der Waals surface area contributed by atoms with Gasteiger partial charge in [0, 0.05) is 26.9 Å². The molecule has 2 aliphatic heterocycles. The fourth-order valence-electron chi connectivity index (χ4n) is 4.73. The lowest BCUT2D eigenvalue weighted by Gasteiger charge is -2.42. The minimum atomic E-state index is -1.38. The maximum Gasteiger partial charge on any atom is 0.217 e. The number of ether oxygens (including phenoxy) is 8. The Morgan fingerprint density at radius 2 is 0.894 bits per heavy atom. The molecule has 2 rings (SSSR count). The van der Waals surface area contributed by atoms with Gasteiger partial charge in [-0.1, -0.05) is 0 Å². The number of aliphatic hydroxyl groups excluding tert-OH is 6. The molecule has 0 saturated carbocycles. The smallest absolute Gasteiger partial charge is 0.217 e. The number of carbonyl (C=O) groups excluding carboxylic acids is 2. The summed E-state index contributed by atoms with van der Waals surface area (Å²) >= 11 is 0. The molecule has 0 aliphatic carbocycles. The fourth-order valence-corrected chi connectivity index (χ4v) is 4.73. The predicted octanol–water partition coefficient (Wildman–Crippen LogP) is -5.44. The summed E-state index contributed by atoms with van der Waals surface area (Å²) in [6.07, 6.45) is -9.73. The van der Waals surface area contributed by atoms with Crippen LogP contribution >= 0.6 is 0 Å². The van der Waals surface area contributed by atoms with Gasteiger partial charge in [0.15, 0.2) is 12.6 Å². The van der Waals surface area contributed by atoms with Crippen LogP contribution in [0.5, 0.6) is 0 Å². The summed E-state index contributed by atoms with van der Waals surface area (Å²) in [7, 11) is 0. The zero-order valence-corrected chi connectivity index (χ0v) is 26.9. The van der Waals surface area contributed by atoms with E-state index in [-0.39, 0.29) is 26.4 Å². The second kappa shape index (κ2) is 23.7. The number of aliphatic hydroxyl groups is 6. The van der Waals surface area contributed by atoms with Crippen molar-refractivity contribution >= 4 is 11.8 Å². The minimum Gasteiger partial charge on any atom is -0.394 e. The maximum atomic E-state index is 11.4. The molecular weight excluding hydrogens is 634 g/mol. The molecule has 2 aliphatic rings. The van der Waals surface area contributed by atoms with Crippen molar-refractivity contribution in [1.82, 2.24) is 16.0 Å². The molecule has 276 valence electrons. The van der Waals surface area contributed by atoms with E-state index in [1.54, 1.807) is 0 Å². The van der Waals surface area contributed by atoms with E-state index in [1.807, 2.05) is 0 Å². The van der Waals surface area contributed by atoms with E-state index in [0.717, 1.165) is 0 Å². The first-order chi connectivity index (χ1) is 22.6. The van der Waals surface area contributed by atoms with E-state index < -0.39 is 86.3 Å². The van der Waals surface area contributed by atoms with Gasteiger partial charge in [-0.05, 0) is 0 Å². The third-order valence-corrected chi connectivity index (χ3v) is 7.11. The average molecular weight is 688 g/mol. The topological polar surface area (TPSA) is 265 Å². The van der Waals surface area contributed by atoms with Gasteiger partial charge in [0.25, 0.3) is 0 Å². The number of hydrogen-bond acceptors (Lipinski definition) is 17. The standard InChI is InChI=1S/C28H53N3O16/c1-17(34)30-21-25(38)23(36)19(15-32)46-27(21)44-13-11-42-9-7-40-5-3-29-4-6-41-8-10-43-12-14-45-28-22(31-18(2)35)26(39)24(37)20(16-33)47-28/h19-29,32-33,36-39H,3-16H2,1-2H3,(H,30,34)(H,31,35)/t19?,20?,21?,22?,23-,24-,25+,26?,27+,28+/m0/s1. The van der Waals surface area contributed by atoms with Crippen LogP contribution in [0, 0.1) is 0 Å². The van der Waals surface area contributed by atoms with Crippen LogP contribution in [-0.2, 0) is 47.5 Å². The highest BCUT2D eigenvalue weighted by atomic mass is 16.7. The lowest BCUT2D eigenvalue weighted by atomic mass is 9.97. The highest BCUT2D eigenvalue weighted by Gasteiger charge is 2.46. The molecule has 47 heavy (non-hydrogen) atoms. The molecule has 19 nitrogen and oxygen atoms in total. The largest absolute Gasteiger partial charge is 0.394 e. The van der Waals surface area contributed by atoms with E-state index in [4.69, 9.17) is 37.9 Å². The molecule has 2 saturated heterocycles. The molecule has 19 heteroatoms. The number of nitrogens with one attached hydrogen (secondary N) is 3. The van der Waals surface area contributed by atoms with Crippen molar-refractivity contribution in [1.29, 1.82) is 0 Å². The Labute approximate surface area is 273 Å². The highest BCUT2D eigenvalue weighted by molar-refractivity contribution is 5.73. The Kier molecular flexibility index (Phi) is 20.9. The second-order valence-electron chi connectivity index (χ2n) is 10.8. The van der Waals surface area contributed by atoms with Crippen molar-refractivity contribution < 1.29 is 78.1 Å². The van der Waals surface area contributed by atoms with E-state index >= 15 is 0 Å². The lowest BCUT2D eigenvalue weighted by molar-refractivity contribution is -0.272. The Balaban J connectivity index is 1.40. The number of carbonyl (C=O) groups is 2. The summed E-state index contributed by atoms with van der Waals surface area (Å²) in [5.41, 5.74) is 0. The first-order valence-corrected chi connectivity index (χ1v) is 15.6. The van der Waals surface area contributed by atoms with Crippen molar-refractivity contribution in [2.75, 3.05) is 92.4 Å². The summed E-state index contributed by atoms with van der Waals surface area (Å²) in [6.45, 7) is 5.52. The molecule has 0 bridgehead atoms. The number of hydrogen-bond donors (Lipinski definition) is 9. The Morgan fingerprint density at radius 3 is 1.23 bits per heavy atom. The Bertz CT molecular complexity index is 797. The van der Waals surface area contributed by atoms with Crippen LogP contribution in [0.2, 0.25) is 0 Å². The average Bonchev–Trinajstić information content (AvgIpc) is 3.04. The molecule has 0 aromatic carbocycles. The van der Waals surface area contributed by atoms with Gasteiger partial charge in [0.05, 0.1) is 79.3 Å². The zero-order valence-electron chi connectivity index (χ0n) is 26.9. The van der Waals surface area contributed by atoms with E-state index in [1.165, 1.54) is 13.8 Å². The summed E-state index contributed by atoms with van der Waals surface area (Å²) in [5, 5.41) is 67.4.